The van der Waals surface area contributed by atoms with Crippen LogP contribution in [0, 0.1) is 5.82 Å². The first kappa shape index (κ1) is 14.3. The Kier molecular flexibility index (Phi) is 3.85. The van der Waals surface area contributed by atoms with Gasteiger partial charge in [0.15, 0.2) is 0 Å². The Bertz CT molecular complexity index is 531. The number of hydrogen-bond donors (Lipinski definition) is 2. The molecule has 0 aromatic heterocycles. The number of carbonyl (C=O) groups excluding carboxylic acids is 1. The number of aliphatic hydroxyl groups excluding tert-OH is 1. The zero-order valence-corrected chi connectivity index (χ0v) is 12.0. The van der Waals surface area contributed by atoms with Crippen LogP contribution < -0.4 is 5.32 Å². The molecule has 1 aromatic carbocycles. The van der Waals surface area contributed by atoms with E-state index < -0.39 is 6.10 Å². The number of nitrogens with one attached hydrogen (secondary N) is 1. The smallest absolute Gasteiger partial charge is 0.317 e. The van der Waals surface area contributed by atoms with Crippen LogP contribution in [0.3, 0.4) is 0 Å². The van der Waals surface area contributed by atoms with Crippen LogP contribution in [0.15, 0.2) is 24.3 Å². The summed E-state index contributed by atoms with van der Waals surface area (Å²) in [5, 5.41) is 12.5. The van der Waals surface area contributed by atoms with Gasteiger partial charge in [-0.05, 0) is 37.3 Å². The lowest BCUT2D eigenvalue weighted by molar-refractivity contribution is 0.0841. The number of aliphatic hydroxyl groups is 1. The molecule has 2 aliphatic rings. The summed E-state index contributed by atoms with van der Waals surface area (Å²) in [5.74, 6) is -0.197. The van der Waals surface area contributed by atoms with E-state index in [1.165, 1.54) is 6.07 Å². The Morgan fingerprint density at radius 3 is 2.86 bits per heavy atom. The van der Waals surface area contributed by atoms with E-state index >= 15 is 0 Å². The van der Waals surface area contributed by atoms with Crippen molar-refractivity contribution in [1.82, 2.24) is 10.2 Å². The fourth-order valence-corrected chi connectivity index (χ4v) is 3.08. The van der Waals surface area contributed by atoms with E-state index in [0.717, 1.165) is 25.7 Å². The highest BCUT2D eigenvalue weighted by Gasteiger charge is 2.46. The Hall–Kier alpha value is -1.62. The van der Waals surface area contributed by atoms with Crippen molar-refractivity contribution in [3.05, 3.63) is 35.6 Å². The summed E-state index contributed by atoms with van der Waals surface area (Å²) in [4.78, 5) is 13.8. The number of halogens is 1. The highest BCUT2D eigenvalue weighted by Crippen LogP contribution is 2.48. The fourth-order valence-electron chi connectivity index (χ4n) is 3.08. The summed E-state index contributed by atoms with van der Waals surface area (Å²) in [6.45, 7) is 1.52. The third kappa shape index (κ3) is 3.02. The first-order chi connectivity index (χ1) is 10.1. The van der Waals surface area contributed by atoms with Crippen LogP contribution in [0.4, 0.5) is 9.18 Å². The minimum Gasteiger partial charge on any atom is -0.391 e. The maximum absolute atomic E-state index is 13.9. The Balaban J connectivity index is 1.60. The summed E-state index contributed by atoms with van der Waals surface area (Å²) < 4.78 is 13.9. The second kappa shape index (κ2) is 5.64. The summed E-state index contributed by atoms with van der Waals surface area (Å²) >= 11 is 0. The molecule has 4 nitrogen and oxygen atoms in total. The standard InChI is InChI=1S/C16H21FN2O2/c17-14-6-2-1-5-13(14)16(7-8-16)11-18-15(21)19-9-3-4-12(20)10-19/h1-2,5-6,12,20H,3-4,7-11H2,(H,18,21). The van der Waals surface area contributed by atoms with Gasteiger partial charge in [0, 0.05) is 25.0 Å². The quantitative estimate of drug-likeness (QED) is 0.895. The molecule has 0 bridgehead atoms. The lowest BCUT2D eigenvalue weighted by Gasteiger charge is -2.30. The van der Waals surface area contributed by atoms with Crippen molar-refractivity contribution in [2.75, 3.05) is 19.6 Å². The number of piperidine rings is 1. The summed E-state index contributed by atoms with van der Waals surface area (Å²) in [6, 6.07) is 6.64. The molecule has 0 spiro atoms. The van der Waals surface area contributed by atoms with Gasteiger partial charge in [-0.25, -0.2) is 9.18 Å². The predicted octanol–water partition coefficient (Wildman–Crippen LogP) is 2.02. The number of amides is 2. The van der Waals surface area contributed by atoms with E-state index in [4.69, 9.17) is 0 Å². The molecule has 1 unspecified atom stereocenters. The summed E-state index contributed by atoms with van der Waals surface area (Å²) in [5.41, 5.74) is 0.457. The van der Waals surface area contributed by atoms with Crippen LogP contribution in [0.2, 0.25) is 0 Å². The molecular weight excluding hydrogens is 271 g/mol. The van der Waals surface area contributed by atoms with Crippen LogP contribution in [-0.2, 0) is 5.41 Å². The molecule has 1 aromatic rings. The van der Waals surface area contributed by atoms with E-state index in [2.05, 4.69) is 5.32 Å². The van der Waals surface area contributed by atoms with Crippen molar-refractivity contribution in [3.8, 4) is 0 Å². The highest BCUT2D eigenvalue weighted by molar-refractivity contribution is 5.74. The Morgan fingerprint density at radius 2 is 2.19 bits per heavy atom. The zero-order chi connectivity index (χ0) is 14.9. The molecule has 0 radical (unpaired) electrons. The number of benzene rings is 1. The average molecular weight is 292 g/mol. The van der Waals surface area contributed by atoms with Gasteiger partial charge >= 0.3 is 6.03 Å². The molecule has 1 saturated heterocycles. The minimum absolute atomic E-state index is 0.156. The number of carbonyl (C=O) groups is 1. The third-order valence-corrected chi connectivity index (χ3v) is 4.56. The van der Waals surface area contributed by atoms with E-state index in [1.54, 1.807) is 17.0 Å². The normalized spacial score (nSPS) is 23.7. The van der Waals surface area contributed by atoms with E-state index in [9.17, 15) is 14.3 Å². The van der Waals surface area contributed by atoms with Crippen molar-refractivity contribution < 1.29 is 14.3 Å². The number of nitrogens with zero attached hydrogens (tertiary/aromatic N) is 1. The number of hydrogen-bond acceptors (Lipinski definition) is 2. The lowest BCUT2D eigenvalue weighted by atomic mass is 9.95. The fraction of sp³-hybridized carbons (Fsp3) is 0.562. The molecule has 21 heavy (non-hydrogen) atoms. The molecule has 1 aliphatic carbocycles. The van der Waals surface area contributed by atoms with Crippen LogP contribution >= 0.6 is 0 Å². The molecule has 1 atom stereocenters. The van der Waals surface area contributed by atoms with Gasteiger partial charge in [-0.2, -0.15) is 0 Å². The van der Waals surface area contributed by atoms with Crippen molar-refractivity contribution >= 4 is 6.03 Å². The first-order valence-electron chi connectivity index (χ1n) is 7.57. The minimum atomic E-state index is -0.425. The number of likely N-dealkylation sites (tertiary alicyclic amines) is 1. The van der Waals surface area contributed by atoms with Crippen molar-refractivity contribution in [2.45, 2.75) is 37.2 Å². The molecule has 5 heteroatoms. The molecule has 1 aliphatic heterocycles. The molecule has 1 heterocycles. The number of β-amino-alcohol motifs (C(OH)–C–C–N with tert-alkyl or cyclic N) is 1. The van der Waals surface area contributed by atoms with Gasteiger partial charge in [0.2, 0.25) is 0 Å². The molecule has 1 saturated carbocycles. The second-order valence-corrected chi connectivity index (χ2v) is 6.16. The monoisotopic (exact) mass is 292 g/mol. The van der Waals surface area contributed by atoms with Crippen molar-refractivity contribution in [3.63, 3.8) is 0 Å². The average Bonchev–Trinajstić information content (AvgIpc) is 3.26. The van der Waals surface area contributed by atoms with Crippen LogP contribution in [-0.4, -0.2) is 41.8 Å². The predicted molar refractivity (Wildman–Crippen MR) is 77.5 cm³/mol. The largest absolute Gasteiger partial charge is 0.391 e. The summed E-state index contributed by atoms with van der Waals surface area (Å²) in [6.07, 6.45) is 2.95. The zero-order valence-electron chi connectivity index (χ0n) is 12.0. The molecule has 114 valence electrons. The molecule has 2 fully saturated rings. The number of urea groups is 1. The maximum Gasteiger partial charge on any atom is 0.317 e. The molecule has 2 N–H and O–H groups in total. The van der Waals surface area contributed by atoms with Crippen molar-refractivity contribution in [2.24, 2.45) is 0 Å². The Labute approximate surface area is 124 Å². The second-order valence-electron chi connectivity index (χ2n) is 6.16. The third-order valence-electron chi connectivity index (χ3n) is 4.56. The first-order valence-corrected chi connectivity index (χ1v) is 7.57. The molecule has 3 rings (SSSR count). The topological polar surface area (TPSA) is 52.6 Å². The van der Waals surface area contributed by atoms with Crippen LogP contribution in [0.1, 0.15) is 31.2 Å². The maximum atomic E-state index is 13.9. The van der Waals surface area contributed by atoms with Gasteiger partial charge in [0.05, 0.1) is 6.10 Å². The van der Waals surface area contributed by atoms with Crippen molar-refractivity contribution in [1.29, 1.82) is 0 Å². The van der Waals surface area contributed by atoms with Gasteiger partial charge in [0.25, 0.3) is 0 Å². The van der Waals surface area contributed by atoms with E-state index in [1.807, 2.05) is 6.07 Å². The van der Waals surface area contributed by atoms with Gasteiger partial charge in [0.1, 0.15) is 5.82 Å². The van der Waals surface area contributed by atoms with Gasteiger partial charge in [-0.3, -0.25) is 0 Å². The summed E-state index contributed by atoms with van der Waals surface area (Å²) in [7, 11) is 0. The highest BCUT2D eigenvalue weighted by atomic mass is 19.1. The SMILES string of the molecule is O=C(NCC1(c2ccccc2F)CC1)N1CCCC(O)C1. The van der Waals surface area contributed by atoms with Gasteiger partial charge < -0.3 is 15.3 Å². The Morgan fingerprint density at radius 1 is 1.43 bits per heavy atom. The van der Waals surface area contributed by atoms with Gasteiger partial charge in [-0.1, -0.05) is 18.2 Å². The van der Waals surface area contributed by atoms with Crippen LogP contribution in [0.25, 0.3) is 0 Å². The number of rotatable bonds is 3. The lowest BCUT2D eigenvalue weighted by Crippen LogP contribution is -2.48. The molecule has 2 amide bonds. The van der Waals surface area contributed by atoms with E-state index in [0.29, 0.717) is 25.2 Å². The van der Waals surface area contributed by atoms with Gasteiger partial charge in [-0.15, -0.1) is 0 Å². The van der Waals surface area contributed by atoms with Crippen LogP contribution in [0.5, 0.6) is 0 Å². The molecular formula is C16H21FN2O2. The van der Waals surface area contributed by atoms with E-state index in [-0.39, 0.29) is 17.3 Å².